The first kappa shape index (κ1) is 25.1. The highest BCUT2D eigenvalue weighted by Crippen LogP contribution is 2.50. The van der Waals surface area contributed by atoms with Crippen LogP contribution in [0.25, 0.3) is 71.6 Å². The van der Waals surface area contributed by atoms with Gasteiger partial charge in [-0.15, -0.1) is 0 Å². The summed E-state index contributed by atoms with van der Waals surface area (Å²) in [5, 5.41) is 5.07. The number of hydrogen-bond acceptors (Lipinski definition) is 0. The third-order valence-corrected chi connectivity index (χ3v) is 9.78. The molecule has 0 saturated carbocycles. The fraction of sp³-hybridized carbons (Fsp3) is 0.0698. The molecule has 8 aromatic rings. The van der Waals surface area contributed by atoms with Crippen LogP contribution in [0.2, 0.25) is 0 Å². The van der Waals surface area contributed by atoms with Crippen molar-refractivity contribution in [2.75, 3.05) is 0 Å². The van der Waals surface area contributed by atoms with Crippen LogP contribution in [0.15, 0.2) is 152 Å². The van der Waals surface area contributed by atoms with Gasteiger partial charge in [0.15, 0.2) is 0 Å². The number of benzene rings is 7. The van der Waals surface area contributed by atoms with Crippen LogP contribution in [-0.2, 0) is 5.41 Å². The molecule has 0 amide bonds. The molecule has 44 heavy (non-hydrogen) atoms. The highest BCUT2D eigenvalue weighted by molar-refractivity contribution is 6.10. The maximum absolute atomic E-state index is 2.43. The van der Waals surface area contributed by atoms with Crippen LogP contribution >= 0.6 is 0 Å². The van der Waals surface area contributed by atoms with Crippen LogP contribution in [-0.4, -0.2) is 4.57 Å². The average molecular weight is 562 g/mol. The van der Waals surface area contributed by atoms with E-state index in [9.17, 15) is 0 Å². The van der Waals surface area contributed by atoms with Gasteiger partial charge in [0, 0.05) is 21.9 Å². The lowest BCUT2D eigenvalue weighted by Crippen LogP contribution is -2.15. The lowest BCUT2D eigenvalue weighted by Gasteiger charge is -2.22. The molecule has 0 aliphatic heterocycles. The molecule has 9 rings (SSSR count). The zero-order valence-corrected chi connectivity index (χ0v) is 24.9. The first-order chi connectivity index (χ1) is 21.6. The van der Waals surface area contributed by atoms with Gasteiger partial charge in [-0.3, -0.25) is 0 Å². The Kier molecular flexibility index (Phi) is 5.31. The van der Waals surface area contributed by atoms with E-state index in [1.165, 1.54) is 82.8 Å². The molecule has 208 valence electrons. The molecule has 0 bridgehead atoms. The summed E-state index contributed by atoms with van der Waals surface area (Å²) in [5.74, 6) is 0. The van der Waals surface area contributed by atoms with Gasteiger partial charge in [0.05, 0.1) is 11.0 Å². The highest BCUT2D eigenvalue weighted by atomic mass is 15.0. The Morgan fingerprint density at radius 2 is 1.00 bits per heavy atom. The minimum atomic E-state index is -0.0817. The van der Waals surface area contributed by atoms with E-state index in [0.29, 0.717) is 0 Å². The largest absolute Gasteiger partial charge is 0.309 e. The van der Waals surface area contributed by atoms with Crippen molar-refractivity contribution in [2.24, 2.45) is 0 Å². The number of fused-ring (bicyclic) bond motifs is 7. The summed E-state index contributed by atoms with van der Waals surface area (Å²) in [6, 6.07) is 55.9. The molecular formula is C43H31N. The smallest absolute Gasteiger partial charge is 0.0541 e. The van der Waals surface area contributed by atoms with Gasteiger partial charge in [-0.25, -0.2) is 0 Å². The number of aromatic nitrogens is 1. The van der Waals surface area contributed by atoms with Crippen LogP contribution < -0.4 is 0 Å². The van der Waals surface area contributed by atoms with Crippen LogP contribution in [0.1, 0.15) is 25.0 Å². The van der Waals surface area contributed by atoms with Crippen molar-refractivity contribution in [1.29, 1.82) is 0 Å². The van der Waals surface area contributed by atoms with E-state index in [4.69, 9.17) is 0 Å². The minimum Gasteiger partial charge on any atom is -0.309 e. The second-order valence-electron chi connectivity index (χ2n) is 12.6. The zero-order chi connectivity index (χ0) is 29.4. The molecule has 1 heterocycles. The van der Waals surface area contributed by atoms with Gasteiger partial charge in [0.1, 0.15) is 0 Å². The summed E-state index contributed by atoms with van der Waals surface area (Å²) in [4.78, 5) is 0. The van der Waals surface area contributed by atoms with Crippen LogP contribution in [0, 0.1) is 0 Å². The summed E-state index contributed by atoms with van der Waals surface area (Å²) in [7, 11) is 0. The van der Waals surface area contributed by atoms with Crippen LogP contribution in [0.4, 0.5) is 0 Å². The van der Waals surface area contributed by atoms with E-state index in [1.54, 1.807) is 0 Å². The second kappa shape index (κ2) is 9.30. The van der Waals surface area contributed by atoms with Crippen molar-refractivity contribution in [3.63, 3.8) is 0 Å². The average Bonchev–Trinajstić information content (AvgIpc) is 3.52. The zero-order valence-electron chi connectivity index (χ0n) is 24.9. The van der Waals surface area contributed by atoms with Crippen LogP contribution in [0.5, 0.6) is 0 Å². The van der Waals surface area contributed by atoms with Crippen molar-refractivity contribution in [3.8, 4) is 39.1 Å². The predicted molar refractivity (Wildman–Crippen MR) is 187 cm³/mol. The van der Waals surface area contributed by atoms with E-state index < -0.39 is 0 Å². The molecule has 0 unspecified atom stereocenters. The van der Waals surface area contributed by atoms with Crippen molar-refractivity contribution >= 4 is 32.6 Å². The van der Waals surface area contributed by atoms with Gasteiger partial charge in [-0.05, 0) is 97.7 Å². The SMILES string of the molecule is CC1(C)c2cc(-c3ccccc3)ccc2-c2ccc(-c3ccc4c(c3)c3ccccc3n4-c3ccc4ccccc4c3)cc21. The van der Waals surface area contributed by atoms with Crippen molar-refractivity contribution in [3.05, 3.63) is 163 Å². The second-order valence-corrected chi connectivity index (χ2v) is 12.6. The molecule has 0 saturated heterocycles. The van der Waals surface area contributed by atoms with E-state index in [-0.39, 0.29) is 5.41 Å². The Hall–Kier alpha value is -5.40. The van der Waals surface area contributed by atoms with Crippen molar-refractivity contribution in [2.45, 2.75) is 19.3 Å². The first-order valence-electron chi connectivity index (χ1n) is 15.4. The maximum Gasteiger partial charge on any atom is 0.0541 e. The summed E-state index contributed by atoms with van der Waals surface area (Å²) in [6.07, 6.45) is 0. The highest BCUT2D eigenvalue weighted by Gasteiger charge is 2.35. The number of rotatable bonds is 3. The fourth-order valence-electron chi connectivity index (χ4n) is 7.47. The van der Waals surface area contributed by atoms with Gasteiger partial charge in [-0.2, -0.15) is 0 Å². The van der Waals surface area contributed by atoms with Gasteiger partial charge < -0.3 is 4.57 Å². The Labute approximate surface area is 257 Å². The molecule has 0 spiro atoms. The molecule has 1 aliphatic rings. The van der Waals surface area contributed by atoms with E-state index in [2.05, 4.69) is 170 Å². The summed E-state index contributed by atoms with van der Waals surface area (Å²) >= 11 is 0. The Balaban J connectivity index is 1.17. The predicted octanol–water partition coefficient (Wildman–Crippen LogP) is 11.6. The molecular weight excluding hydrogens is 530 g/mol. The quantitative estimate of drug-likeness (QED) is 0.202. The third-order valence-electron chi connectivity index (χ3n) is 9.78. The monoisotopic (exact) mass is 561 g/mol. The number of hydrogen-bond donors (Lipinski definition) is 0. The van der Waals surface area contributed by atoms with E-state index >= 15 is 0 Å². The molecule has 1 aromatic heterocycles. The number of nitrogens with zero attached hydrogens (tertiary/aromatic N) is 1. The van der Waals surface area contributed by atoms with Crippen molar-refractivity contribution < 1.29 is 0 Å². The van der Waals surface area contributed by atoms with Gasteiger partial charge in [-0.1, -0.05) is 123 Å². The maximum atomic E-state index is 2.43. The topological polar surface area (TPSA) is 4.93 Å². The molecule has 1 nitrogen and oxygen atoms in total. The molecule has 1 heteroatoms. The summed E-state index contributed by atoms with van der Waals surface area (Å²) in [5.41, 5.74) is 14.1. The minimum absolute atomic E-state index is 0.0817. The molecule has 0 atom stereocenters. The number of para-hydroxylation sites is 1. The normalized spacial score (nSPS) is 13.4. The lowest BCUT2D eigenvalue weighted by atomic mass is 9.81. The lowest BCUT2D eigenvalue weighted by molar-refractivity contribution is 0.661. The summed E-state index contributed by atoms with van der Waals surface area (Å²) in [6.45, 7) is 4.74. The Morgan fingerprint density at radius 1 is 0.409 bits per heavy atom. The standard InChI is InChI=1S/C43H31N/c1-43(2)39-26-32(28-10-4-3-5-11-28)17-21-35(39)36-22-18-33(27-40(36)43)31-19-23-42-38(25-31)37-14-8-9-15-41(37)44(42)34-20-16-29-12-6-7-13-30(29)24-34/h3-27H,1-2H3. The molecule has 0 N–H and O–H groups in total. The van der Waals surface area contributed by atoms with Gasteiger partial charge >= 0.3 is 0 Å². The van der Waals surface area contributed by atoms with E-state index in [1.807, 2.05) is 0 Å². The van der Waals surface area contributed by atoms with Crippen LogP contribution in [0.3, 0.4) is 0 Å². The first-order valence-corrected chi connectivity index (χ1v) is 15.4. The van der Waals surface area contributed by atoms with Gasteiger partial charge in [0.2, 0.25) is 0 Å². The molecule has 0 radical (unpaired) electrons. The third kappa shape index (κ3) is 3.66. The fourth-order valence-corrected chi connectivity index (χ4v) is 7.47. The summed E-state index contributed by atoms with van der Waals surface area (Å²) < 4.78 is 2.41. The molecule has 7 aromatic carbocycles. The molecule has 1 aliphatic carbocycles. The van der Waals surface area contributed by atoms with Crippen molar-refractivity contribution in [1.82, 2.24) is 4.57 Å². The Morgan fingerprint density at radius 3 is 1.77 bits per heavy atom. The van der Waals surface area contributed by atoms with E-state index in [0.717, 1.165) is 0 Å². The van der Waals surface area contributed by atoms with Gasteiger partial charge in [0.25, 0.3) is 0 Å². The molecule has 0 fully saturated rings. The Bertz CT molecular complexity index is 2410.